The molecule has 1 aliphatic rings. The number of carbonyl (C=O) groups excluding carboxylic acids is 2. The summed E-state index contributed by atoms with van der Waals surface area (Å²) in [7, 11) is 1.48. The minimum absolute atomic E-state index is 0.181. The molecule has 7 heteroatoms. The van der Waals surface area contributed by atoms with Gasteiger partial charge in [0.05, 0.1) is 5.92 Å². The number of rotatable bonds is 3. The summed E-state index contributed by atoms with van der Waals surface area (Å²) < 4.78 is 13.2. The molecule has 0 aliphatic carbocycles. The van der Waals surface area contributed by atoms with Gasteiger partial charge in [-0.15, -0.1) is 0 Å². The Morgan fingerprint density at radius 1 is 1.36 bits per heavy atom. The normalized spacial score (nSPS) is 18.5. The van der Waals surface area contributed by atoms with Crippen LogP contribution in [-0.2, 0) is 11.3 Å². The molecule has 0 aromatic heterocycles. The number of piperidine rings is 1. The first-order valence-electron chi connectivity index (χ1n) is 7.33. The Bertz CT molecular complexity index is 538. The van der Waals surface area contributed by atoms with Gasteiger partial charge in [-0.25, -0.2) is 14.6 Å². The van der Waals surface area contributed by atoms with Crippen molar-refractivity contribution in [3.8, 4) is 0 Å². The Kier molecular flexibility index (Phi) is 5.71. The van der Waals surface area contributed by atoms with Crippen LogP contribution >= 0.6 is 0 Å². The smallest absolute Gasteiger partial charge is 0.333 e. The van der Waals surface area contributed by atoms with Crippen molar-refractivity contribution in [2.24, 2.45) is 5.92 Å². The van der Waals surface area contributed by atoms with Crippen LogP contribution in [0.5, 0.6) is 0 Å². The van der Waals surface area contributed by atoms with E-state index < -0.39 is 6.03 Å². The highest BCUT2D eigenvalue weighted by Crippen LogP contribution is 2.19. The fourth-order valence-electron chi connectivity index (χ4n) is 2.59. The first-order chi connectivity index (χ1) is 10.6. The number of hydrogen-bond donors (Lipinski definition) is 3. The summed E-state index contributed by atoms with van der Waals surface area (Å²) in [6, 6.07) is 6.03. The summed E-state index contributed by atoms with van der Waals surface area (Å²) in [5.74, 6) is -0.634. The molecule has 2 rings (SSSR count). The summed E-state index contributed by atoms with van der Waals surface area (Å²) in [4.78, 5) is 25.2. The van der Waals surface area contributed by atoms with Crippen LogP contribution in [-0.4, -0.2) is 37.0 Å². The maximum absolute atomic E-state index is 13.2. The van der Waals surface area contributed by atoms with Crippen molar-refractivity contribution < 1.29 is 14.0 Å². The van der Waals surface area contributed by atoms with Gasteiger partial charge in [-0.1, -0.05) is 12.1 Å². The van der Waals surface area contributed by atoms with Gasteiger partial charge < -0.3 is 5.32 Å². The average molecular weight is 308 g/mol. The fraction of sp³-hybridized carbons (Fsp3) is 0.467. The van der Waals surface area contributed by atoms with E-state index in [4.69, 9.17) is 0 Å². The molecule has 0 bridgehead atoms. The molecule has 0 saturated carbocycles. The van der Waals surface area contributed by atoms with Gasteiger partial charge in [0, 0.05) is 20.1 Å². The quantitative estimate of drug-likeness (QED) is 0.729. The second kappa shape index (κ2) is 7.74. The third-order valence-corrected chi connectivity index (χ3v) is 3.70. The summed E-state index contributed by atoms with van der Waals surface area (Å²) >= 11 is 0. The zero-order valence-electron chi connectivity index (χ0n) is 12.6. The highest BCUT2D eigenvalue weighted by atomic mass is 19.1. The van der Waals surface area contributed by atoms with Gasteiger partial charge >= 0.3 is 6.03 Å². The standard InChI is InChI=1S/C15H21FN4O2/c1-17-15(22)19-18-14(21)12-5-3-7-20(10-12)9-11-4-2-6-13(16)8-11/h2,4,6,8,12H,3,5,7,9-10H2,1H3,(H,18,21)(H2,17,19,22). The number of urea groups is 1. The third kappa shape index (κ3) is 4.70. The molecular weight excluding hydrogens is 287 g/mol. The van der Waals surface area contributed by atoms with Gasteiger partial charge in [-0.05, 0) is 37.1 Å². The number of amides is 3. The van der Waals surface area contributed by atoms with Crippen molar-refractivity contribution in [2.75, 3.05) is 20.1 Å². The van der Waals surface area contributed by atoms with Crippen LogP contribution in [0.1, 0.15) is 18.4 Å². The molecule has 1 atom stereocenters. The monoisotopic (exact) mass is 308 g/mol. The van der Waals surface area contributed by atoms with E-state index in [0.717, 1.165) is 24.9 Å². The van der Waals surface area contributed by atoms with Gasteiger partial charge in [0.2, 0.25) is 5.91 Å². The van der Waals surface area contributed by atoms with Crippen LogP contribution < -0.4 is 16.2 Å². The predicted octanol–water partition coefficient (Wildman–Crippen LogP) is 0.998. The average Bonchev–Trinajstić information content (AvgIpc) is 2.52. The number of nitrogens with zero attached hydrogens (tertiary/aromatic N) is 1. The van der Waals surface area contributed by atoms with Crippen molar-refractivity contribution in [1.82, 2.24) is 21.1 Å². The Hall–Kier alpha value is -2.15. The minimum Gasteiger partial charge on any atom is -0.340 e. The number of nitrogens with one attached hydrogen (secondary N) is 3. The first kappa shape index (κ1) is 16.2. The van der Waals surface area contributed by atoms with E-state index in [1.165, 1.54) is 19.2 Å². The maximum Gasteiger partial charge on any atom is 0.333 e. The van der Waals surface area contributed by atoms with Gasteiger partial charge in [0.25, 0.3) is 0 Å². The lowest BCUT2D eigenvalue weighted by Crippen LogP contribution is -2.50. The molecule has 1 heterocycles. The van der Waals surface area contributed by atoms with E-state index in [-0.39, 0.29) is 17.6 Å². The van der Waals surface area contributed by atoms with E-state index in [9.17, 15) is 14.0 Å². The topological polar surface area (TPSA) is 73.5 Å². The minimum atomic E-state index is -0.458. The van der Waals surface area contributed by atoms with Crippen LogP contribution in [0.15, 0.2) is 24.3 Å². The van der Waals surface area contributed by atoms with Gasteiger partial charge in [0.1, 0.15) is 5.82 Å². The Morgan fingerprint density at radius 2 is 2.18 bits per heavy atom. The number of carbonyl (C=O) groups is 2. The Labute approximate surface area is 129 Å². The Balaban J connectivity index is 1.86. The molecule has 3 amide bonds. The summed E-state index contributed by atoms with van der Waals surface area (Å²) in [6.07, 6.45) is 1.67. The SMILES string of the molecule is CNC(=O)NNC(=O)C1CCCN(Cc2cccc(F)c2)C1. The number of benzene rings is 1. The van der Waals surface area contributed by atoms with E-state index in [1.807, 2.05) is 6.07 Å². The summed E-state index contributed by atoms with van der Waals surface area (Å²) in [6.45, 7) is 2.09. The van der Waals surface area contributed by atoms with Crippen LogP contribution in [0.25, 0.3) is 0 Å². The summed E-state index contributed by atoms with van der Waals surface area (Å²) in [5.41, 5.74) is 5.59. The van der Waals surface area contributed by atoms with Gasteiger partial charge in [0.15, 0.2) is 0 Å². The van der Waals surface area contributed by atoms with Crippen LogP contribution in [0.2, 0.25) is 0 Å². The number of hydrazine groups is 1. The molecule has 1 aliphatic heterocycles. The molecule has 0 spiro atoms. The highest BCUT2D eigenvalue weighted by Gasteiger charge is 2.26. The van der Waals surface area contributed by atoms with Crippen LogP contribution in [0.3, 0.4) is 0 Å². The highest BCUT2D eigenvalue weighted by molar-refractivity contribution is 5.82. The number of hydrogen-bond acceptors (Lipinski definition) is 3. The zero-order chi connectivity index (χ0) is 15.9. The number of halogens is 1. The third-order valence-electron chi connectivity index (χ3n) is 3.70. The predicted molar refractivity (Wildman–Crippen MR) is 80.1 cm³/mol. The molecule has 1 aromatic rings. The first-order valence-corrected chi connectivity index (χ1v) is 7.33. The maximum atomic E-state index is 13.2. The molecule has 1 unspecified atom stereocenters. The molecule has 1 fully saturated rings. The lowest BCUT2D eigenvalue weighted by Gasteiger charge is -2.31. The van der Waals surface area contributed by atoms with E-state index in [1.54, 1.807) is 6.07 Å². The second-order valence-electron chi connectivity index (χ2n) is 5.40. The van der Waals surface area contributed by atoms with Crippen LogP contribution in [0, 0.1) is 11.7 Å². The zero-order valence-corrected chi connectivity index (χ0v) is 12.6. The molecular formula is C15H21FN4O2. The van der Waals surface area contributed by atoms with Crippen molar-refractivity contribution in [3.05, 3.63) is 35.6 Å². The second-order valence-corrected chi connectivity index (χ2v) is 5.40. The van der Waals surface area contributed by atoms with Crippen molar-refractivity contribution >= 4 is 11.9 Å². The van der Waals surface area contributed by atoms with Crippen molar-refractivity contribution in [2.45, 2.75) is 19.4 Å². The molecule has 120 valence electrons. The molecule has 22 heavy (non-hydrogen) atoms. The van der Waals surface area contributed by atoms with Crippen molar-refractivity contribution in [3.63, 3.8) is 0 Å². The van der Waals surface area contributed by atoms with Crippen molar-refractivity contribution in [1.29, 1.82) is 0 Å². The Morgan fingerprint density at radius 3 is 2.91 bits per heavy atom. The molecule has 3 N–H and O–H groups in total. The van der Waals surface area contributed by atoms with E-state index >= 15 is 0 Å². The molecule has 1 aromatic carbocycles. The van der Waals surface area contributed by atoms with Gasteiger partial charge in [-0.2, -0.15) is 0 Å². The number of likely N-dealkylation sites (tertiary alicyclic amines) is 1. The largest absolute Gasteiger partial charge is 0.340 e. The molecule has 1 saturated heterocycles. The molecule has 6 nitrogen and oxygen atoms in total. The van der Waals surface area contributed by atoms with Crippen LogP contribution in [0.4, 0.5) is 9.18 Å². The fourth-order valence-corrected chi connectivity index (χ4v) is 2.59. The molecule has 0 radical (unpaired) electrons. The lowest BCUT2D eigenvalue weighted by molar-refractivity contribution is -0.127. The van der Waals surface area contributed by atoms with E-state index in [2.05, 4.69) is 21.1 Å². The summed E-state index contributed by atoms with van der Waals surface area (Å²) in [5, 5.41) is 2.36. The lowest BCUT2D eigenvalue weighted by atomic mass is 9.97. The van der Waals surface area contributed by atoms with E-state index in [0.29, 0.717) is 13.1 Å². The van der Waals surface area contributed by atoms with Gasteiger partial charge in [-0.3, -0.25) is 15.1 Å².